The van der Waals surface area contributed by atoms with Gasteiger partial charge in [0.25, 0.3) is 11.6 Å². The SMILES string of the molecule is COc1ccc(N2C(=O)[C@@H](OC(C)=O)[C@H]2c2ccccc2[N+](=O)[O-])cc1. The number of benzene rings is 2. The van der Waals surface area contributed by atoms with Gasteiger partial charge in [-0.2, -0.15) is 0 Å². The van der Waals surface area contributed by atoms with Crippen molar-refractivity contribution in [1.29, 1.82) is 0 Å². The van der Waals surface area contributed by atoms with E-state index in [2.05, 4.69) is 0 Å². The van der Waals surface area contributed by atoms with Crippen molar-refractivity contribution in [2.45, 2.75) is 19.1 Å². The monoisotopic (exact) mass is 356 g/mol. The van der Waals surface area contributed by atoms with Crippen LogP contribution in [0.1, 0.15) is 18.5 Å². The van der Waals surface area contributed by atoms with Gasteiger partial charge < -0.3 is 9.47 Å². The summed E-state index contributed by atoms with van der Waals surface area (Å²) in [5, 5.41) is 11.4. The van der Waals surface area contributed by atoms with Crippen molar-refractivity contribution in [3.05, 3.63) is 64.2 Å². The van der Waals surface area contributed by atoms with Crippen LogP contribution in [0.15, 0.2) is 48.5 Å². The lowest BCUT2D eigenvalue weighted by atomic mass is 9.88. The highest BCUT2D eigenvalue weighted by atomic mass is 16.6. The summed E-state index contributed by atoms with van der Waals surface area (Å²) in [6.07, 6.45) is -1.10. The van der Waals surface area contributed by atoms with E-state index < -0.39 is 28.9 Å². The number of para-hydroxylation sites is 1. The molecule has 1 fully saturated rings. The molecular formula is C18H16N2O6. The molecule has 134 valence electrons. The number of hydrogen-bond donors (Lipinski definition) is 0. The summed E-state index contributed by atoms with van der Waals surface area (Å²) in [6.45, 7) is 1.19. The van der Waals surface area contributed by atoms with Crippen molar-refractivity contribution in [2.24, 2.45) is 0 Å². The lowest BCUT2D eigenvalue weighted by Gasteiger charge is -2.45. The molecule has 2 aromatic carbocycles. The highest BCUT2D eigenvalue weighted by molar-refractivity contribution is 6.06. The summed E-state index contributed by atoms with van der Waals surface area (Å²) in [5.41, 5.74) is 0.696. The van der Waals surface area contributed by atoms with Crippen LogP contribution in [0.5, 0.6) is 5.75 Å². The fourth-order valence-electron chi connectivity index (χ4n) is 2.99. The van der Waals surface area contributed by atoms with Crippen LogP contribution in [0.25, 0.3) is 0 Å². The maximum absolute atomic E-state index is 12.6. The Morgan fingerprint density at radius 2 is 1.81 bits per heavy atom. The lowest BCUT2D eigenvalue weighted by molar-refractivity contribution is -0.385. The first-order valence-corrected chi connectivity index (χ1v) is 7.81. The van der Waals surface area contributed by atoms with E-state index in [1.807, 2.05) is 0 Å². The topological polar surface area (TPSA) is 99.0 Å². The average molecular weight is 356 g/mol. The van der Waals surface area contributed by atoms with Crippen LogP contribution < -0.4 is 9.64 Å². The summed E-state index contributed by atoms with van der Waals surface area (Å²) in [4.78, 5) is 36.2. The summed E-state index contributed by atoms with van der Waals surface area (Å²) in [6, 6.07) is 12.0. The first-order chi connectivity index (χ1) is 12.4. The normalized spacial score (nSPS) is 18.8. The first-order valence-electron chi connectivity index (χ1n) is 7.81. The van der Waals surface area contributed by atoms with Gasteiger partial charge in [0.15, 0.2) is 0 Å². The van der Waals surface area contributed by atoms with E-state index in [4.69, 9.17) is 9.47 Å². The fraction of sp³-hybridized carbons (Fsp3) is 0.222. The van der Waals surface area contributed by atoms with E-state index in [1.165, 1.54) is 25.0 Å². The second-order valence-electron chi connectivity index (χ2n) is 5.70. The third-order valence-electron chi connectivity index (χ3n) is 4.14. The third-order valence-corrected chi connectivity index (χ3v) is 4.14. The van der Waals surface area contributed by atoms with Crippen LogP contribution >= 0.6 is 0 Å². The van der Waals surface area contributed by atoms with Crippen LogP contribution in [0, 0.1) is 10.1 Å². The zero-order chi connectivity index (χ0) is 18.8. The molecule has 8 nitrogen and oxygen atoms in total. The molecule has 0 bridgehead atoms. The molecule has 8 heteroatoms. The number of rotatable bonds is 5. The minimum absolute atomic E-state index is 0.138. The molecule has 0 N–H and O–H groups in total. The van der Waals surface area contributed by atoms with E-state index >= 15 is 0 Å². The van der Waals surface area contributed by atoms with Gasteiger partial charge >= 0.3 is 5.97 Å². The molecule has 1 amide bonds. The van der Waals surface area contributed by atoms with Gasteiger partial charge in [-0.15, -0.1) is 0 Å². The summed E-state index contributed by atoms with van der Waals surface area (Å²) < 4.78 is 10.2. The van der Waals surface area contributed by atoms with Gasteiger partial charge in [0.05, 0.1) is 17.6 Å². The number of ether oxygens (including phenoxy) is 2. The van der Waals surface area contributed by atoms with E-state index in [0.29, 0.717) is 17.0 Å². The quantitative estimate of drug-likeness (QED) is 0.353. The molecule has 0 radical (unpaired) electrons. The van der Waals surface area contributed by atoms with Crippen molar-refractivity contribution in [3.8, 4) is 5.75 Å². The molecule has 0 aromatic heterocycles. The third kappa shape index (κ3) is 2.97. The molecular weight excluding hydrogens is 340 g/mol. The number of nitro benzene ring substituents is 1. The number of methoxy groups -OCH3 is 1. The number of β-lactam (4-membered cyclic amide) rings is 1. The maximum Gasteiger partial charge on any atom is 0.303 e. The number of anilines is 1. The zero-order valence-corrected chi connectivity index (χ0v) is 14.1. The summed E-state index contributed by atoms with van der Waals surface area (Å²) in [7, 11) is 1.52. The van der Waals surface area contributed by atoms with E-state index in [1.54, 1.807) is 42.5 Å². The van der Waals surface area contributed by atoms with Crippen LogP contribution in [0.2, 0.25) is 0 Å². The van der Waals surface area contributed by atoms with Gasteiger partial charge in [-0.1, -0.05) is 12.1 Å². The van der Waals surface area contributed by atoms with E-state index in [-0.39, 0.29) is 5.69 Å². The van der Waals surface area contributed by atoms with Crippen molar-refractivity contribution in [2.75, 3.05) is 12.0 Å². The molecule has 1 heterocycles. The Labute approximate surface area is 149 Å². The molecule has 0 aliphatic carbocycles. The lowest BCUT2D eigenvalue weighted by Crippen LogP contribution is -2.60. The predicted octanol–water partition coefficient (Wildman–Crippen LogP) is 2.62. The summed E-state index contributed by atoms with van der Waals surface area (Å²) in [5.74, 6) is -0.449. The van der Waals surface area contributed by atoms with Gasteiger partial charge in [-0.25, -0.2) is 0 Å². The zero-order valence-electron chi connectivity index (χ0n) is 14.1. The van der Waals surface area contributed by atoms with Crippen LogP contribution in [0.3, 0.4) is 0 Å². The molecule has 0 spiro atoms. The Morgan fingerprint density at radius 1 is 1.15 bits per heavy atom. The maximum atomic E-state index is 12.6. The number of esters is 1. The Balaban J connectivity index is 2.04. The van der Waals surface area contributed by atoms with Crippen molar-refractivity contribution < 1.29 is 24.0 Å². The second-order valence-corrected chi connectivity index (χ2v) is 5.70. The molecule has 1 saturated heterocycles. The Bertz CT molecular complexity index is 864. The average Bonchev–Trinajstić information content (AvgIpc) is 2.64. The minimum atomic E-state index is -1.10. The highest BCUT2D eigenvalue weighted by Gasteiger charge is 2.53. The Kier molecular flexibility index (Phi) is 4.57. The smallest absolute Gasteiger partial charge is 0.303 e. The van der Waals surface area contributed by atoms with Gasteiger partial charge in [-0.05, 0) is 30.3 Å². The van der Waals surface area contributed by atoms with Gasteiger partial charge in [0.1, 0.15) is 11.8 Å². The van der Waals surface area contributed by atoms with Crippen molar-refractivity contribution in [1.82, 2.24) is 0 Å². The van der Waals surface area contributed by atoms with Gasteiger partial charge in [0.2, 0.25) is 6.10 Å². The number of nitro groups is 1. The number of carbonyl (C=O) groups is 2. The molecule has 0 unspecified atom stereocenters. The Morgan fingerprint density at radius 3 is 2.38 bits per heavy atom. The van der Waals surface area contributed by atoms with Crippen molar-refractivity contribution >= 4 is 23.3 Å². The molecule has 1 aliphatic rings. The molecule has 2 atom stereocenters. The summed E-state index contributed by atoms with van der Waals surface area (Å²) >= 11 is 0. The number of amides is 1. The minimum Gasteiger partial charge on any atom is -0.497 e. The standard InChI is InChI=1S/C18H16N2O6/c1-11(21)26-17-16(14-5-3-4-6-15(14)20(23)24)19(18(17)22)12-7-9-13(25-2)10-8-12/h3-10,16-17H,1-2H3/t16-,17+/m1/s1. The van der Waals surface area contributed by atoms with Crippen LogP contribution in [0.4, 0.5) is 11.4 Å². The molecule has 26 heavy (non-hydrogen) atoms. The van der Waals surface area contributed by atoms with Crippen LogP contribution in [-0.2, 0) is 14.3 Å². The predicted molar refractivity (Wildman–Crippen MR) is 91.9 cm³/mol. The van der Waals surface area contributed by atoms with Crippen LogP contribution in [-0.4, -0.2) is 30.0 Å². The second kappa shape index (κ2) is 6.83. The fourth-order valence-corrected chi connectivity index (χ4v) is 2.99. The number of carbonyl (C=O) groups excluding carboxylic acids is 2. The molecule has 1 aliphatic heterocycles. The number of hydrogen-bond acceptors (Lipinski definition) is 6. The van der Waals surface area contributed by atoms with E-state index in [0.717, 1.165) is 0 Å². The van der Waals surface area contributed by atoms with Gasteiger partial charge in [0, 0.05) is 18.7 Å². The Hall–Kier alpha value is -3.42. The highest BCUT2D eigenvalue weighted by Crippen LogP contribution is 2.44. The van der Waals surface area contributed by atoms with Crippen molar-refractivity contribution in [3.63, 3.8) is 0 Å². The molecule has 2 aromatic rings. The largest absolute Gasteiger partial charge is 0.497 e. The molecule has 3 rings (SSSR count). The van der Waals surface area contributed by atoms with Gasteiger partial charge in [-0.3, -0.25) is 24.6 Å². The first kappa shape index (κ1) is 17.4. The van der Waals surface area contributed by atoms with E-state index in [9.17, 15) is 19.7 Å². The number of nitrogens with zero attached hydrogens (tertiary/aromatic N) is 2. The molecule has 0 saturated carbocycles.